The van der Waals surface area contributed by atoms with Crippen LogP contribution in [0.4, 0.5) is 5.69 Å². The van der Waals surface area contributed by atoms with Gasteiger partial charge in [0.1, 0.15) is 0 Å². The molecule has 5 heteroatoms. The van der Waals surface area contributed by atoms with E-state index in [1.54, 1.807) is 27.2 Å². The summed E-state index contributed by atoms with van der Waals surface area (Å²) in [6, 6.07) is 11.9. The summed E-state index contributed by atoms with van der Waals surface area (Å²) < 4.78 is 11.0. The molecule has 0 spiro atoms. The normalized spacial score (nSPS) is 11.3. The van der Waals surface area contributed by atoms with Gasteiger partial charge in [-0.2, -0.15) is 0 Å². The van der Waals surface area contributed by atoms with E-state index in [1.165, 1.54) is 0 Å². The molecular weight excluding hydrogens is 292 g/mol. The lowest BCUT2D eigenvalue weighted by Crippen LogP contribution is -2.08. The zero-order chi connectivity index (χ0) is 17.0. The molecule has 2 aromatic carbocycles. The highest BCUT2D eigenvalue weighted by atomic mass is 16.5. The summed E-state index contributed by atoms with van der Waals surface area (Å²) in [5, 5.41) is 12.3. The highest BCUT2D eigenvalue weighted by molar-refractivity contribution is 6.00. The predicted octanol–water partition coefficient (Wildman–Crippen LogP) is 3.64. The lowest BCUT2D eigenvalue weighted by atomic mass is 9.99. The fraction of sp³-hybridized carbons (Fsp3) is 0.278. The number of hydrogen-bond acceptors (Lipinski definition) is 5. The van der Waals surface area contributed by atoms with Crippen molar-refractivity contribution in [1.82, 2.24) is 0 Å². The van der Waals surface area contributed by atoms with Crippen LogP contribution >= 0.6 is 0 Å². The van der Waals surface area contributed by atoms with E-state index in [4.69, 9.17) is 14.7 Å². The third kappa shape index (κ3) is 3.39. The maximum Gasteiger partial charge on any atom is 0.168 e. The van der Waals surface area contributed by atoms with Gasteiger partial charge in [0.15, 0.2) is 11.5 Å². The zero-order valence-electron chi connectivity index (χ0n) is 14.1. The van der Waals surface area contributed by atoms with Crippen LogP contribution in [-0.4, -0.2) is 39.2 Å². The Hall–Kier alpha value is -2.69. The van der Waals surface area contributed by atoms with Gasteiger partial charge in [0.25, 0.3) is 0 Å². The van der Waals surface area contributed by atoms with Gasteiger partial charge in [-0.05, 0) is 36.8 Å². The average molecular weight is 314 g/mol. The first-order valence-corrected chi connectivity index (χ1v) is 7.24. The zero-order valence-corrected chi connectivity index (χ0v) is 14.1. The molecule has 0 amide bonds. The number of ether oxygens (including phenoxy) is 2. The molecule has 0 aliphatic rings. The van der Waals surface area contributed by atoms with Crippen LogP contribution in [0.1, 0.15) is 12.5 Å². The largest absolute Gasteiger partial charge is 0.493 e. The topological polar surface area (TPSA) is 54.3 Å². The Labute approximate surface area is 136 Å². The third-order valence-corrected chi connectivity index (χ3v) is 3.72. The second kappa shape index (κ2) is 7.05. The highest BCUT2D eigenvalue weighted by Crippen LogP contribution is 2.40. The van der Waals surface area contributed by atoms with Crippen molar-refractivity contribution >= 4 is 11.4 Å². The van der Waals surface area contributed by atoms with Crippen LogP contribution < -0.4 is 14.4 Å². The SMILES string of the molecule is COc1cc(/C(C)=N/O)cc(-c2cccc(N(C)C)c2)c1OC. The predicted molar refractivity (Wildman–Crippen MR) is 93.3 cm³/mol. The molecule has 0 radical (unpaired) electrons. The molecule has 122 valence electrons. The number of methoxy groups -OCH3 is 2. The summed E-state index contributed by atoms with van der Waals surface area (Å²) in [7, 11) is 7.20. The lowest BCUT2D eigenvalue weighted by Gasteiger charge is -2.17. The monoisotopic (exact) mass is 314 g/mol. The first kappa shape index (κ1) is 16.7. The standard InChI is InChI=1S/C18H22N2O3/c1-12(19-21)14-10-16(18(23-5)17(11-14)22-4)13-7-6-8-15(9-13)20(2)3/h6-11,21H,1-5H3/b19-12+. The summed E-state index contributed by atoms with van der Waals surface area (Å²) >= 11 is 0. The van der Waals surface area contributed by atoms with Crippen molar-refractivity contribution in [3.8, 4) is 22.6 Å². The van der Waals surface area contributed by atoms with E-state index in [2.05, 4.69) is 11.2 Å². The summed E-state index contributed by atoms with van der Waals surface area (Å²) in [5.41, 5.74) is 4.25. The van der Waals surface area contributed by atoms with Gasteiger partial charge in [0.05, 0.1) is 19.9 Å². The number of anilines is 1. The van der Waals surface area contributed by atoms with E-state index in [9.17, 15) is 0 Å². The fourth-order valence-corrected chi connectivity index (χ4v) is 2.40. The maximum atomic E-state index is 9.07. The lowest BCUT2D eigenvalue weighted by molar-refractivity contribution is 0.319. The summed E-state index contributed by atoms with van der Waals surface area (Å²) in [5.74, 6) is 1.25. The Morgan fingerprint density at radius 1 is 1.09 bits per heavy atom. The molecule has 1 N–H and O–H groups in total. The van der Waals surface area contributed by atoms with Gasteiger partial charge in [-0.1, -0.05) is 17.3 Å². The van der Waals surface area contributed by atoms with E-state index >= 15 is 0 Å². The fourth-order valence-electron chi connectivity index (χ4n) is 2.40. The number of hydrogen-bond donors (Lipinski definition) is 1. The summed E-state index contributed by atoms with van der Waals surface area (Å²) in [4.78, 5) is 2.04. The van der Waals surface area contributed by atoms with Crippen molar-refractivity contribution in [2.24, 2.45) is 5.16 Å². The molecule has 0 saturated carbocycles. The Morgan fingerprint density at radius 3 is 2.39 bits per heavy atom. The van der Waals surface area contributed by atoms with Crippen molar-refractivity contribution in [1.29, 1.82) is 0 Å². The van der Waals surface area contributed by atoms with Gasteiger partial charge in [-0.25, -0.2) is 0 Å². The van der Waals surface area contributed by atoms with Crippen LogP contribution in [0.2, 0.25) is 0 Å². The molecule has 0 saturated heterocycles. The Kier molecular flexibility index (Phi) is 5.11. The number of nitrogens with zero attached hydrogens (tertiary/aromatic N) is 2. The van der Waals surface area contributed by atoms with Crippen LogP contribution in [0.25, 0.3) is 11.1 Å². The molecule has 0 unspecified atom stereocenters. The van der Waals surface area contributed by atoms with E-state index in [-0.39, 0.29) is 0 Å². The Balaban J connectivity index is 2.71. The second-order valence-corrected chi connectivity index (χ2v) is 5.39. The first-order valence-electron chi connectivity index (χ1n) is 7.24. The van der Waals surface area contributed by atoms with E-state index in [1.807, 2.05) is 43.3 Å². The molecule has 0 fully saturated rings. The van der Waals surface area contributed by atoms with Gasteiger partial charge in [0.2, 0.25) is 0 Å². The number of rotatable bonds is 5. The van der Waals surface area contributed by atoms with Crippen LogP contribution in [-0.2, 0) is 0 Å². The molecule has 0 atom stereocenters. The van der Waals surface area contributed by atoms with Crippen molar-refractivity contribution in [2.45, 2.75) is 6.92 Å². The van der Waals surface area contributed by atoms with E-state index in [0.29, 0.717) is 17.2 Å². The van der Waals surface area contributed by atoms with Crippen molar-refractivity contribution in [3.05, 3.63) is 42.0 Å². The Bertz CT molecular complexity index is 724. The molecule has 0 aliphatic heterocycles. The number of benzene rings is 2. The molecule has 0 heterocycles. The van der Waals surface area contributed by atoms with Gasteiger partial charge in [0, 0.05) is 30.9 Å². The van der Waals surface area contributed by atoms with Crippen molar-refractivity contribution in [3.63, 3.8) is 0 Å². The van der Waals surface area contributed by atoms with Crippen LogP contribution in [0.5, 0.6) is 11.5 Å². The number of oxime groups is 1. The van der Waals surface area contributed by atoms with Gasteiger partial charge < -0.3 is 19.6 Å². The van der Waals surface area contributed by atoms with Crippen LogP contribution in [0.3, 0.4) is 0 Å². The maximum absolute atomic E-state index is 9.07. The molecule has 2 rings (SSSR count). The van der Waals surface area contributed by atoms with Crippen LogP contribution in [0.15, 0.2) is 41.6 Å². The Morgan fingerprint density at radius 2 is 1.83 bits per heavy atom. The second-order valence-electron chi connectivity index (χ2n) is 5.39. The third-order valence-electron chi connectivity index (χ3n) is 3.72. The van der Waals surface area contributed by atoms with Gasteiger partial charge in [-0.3, -0.25) is 0 Å². The van der Waals surface area contributed by atoms with Crippen LogP contribution in [0, 0.1) is 0 Å². The van der Waals surface area contributed by atoms with Gasteiger partial charge >= 0.3 is 0 Å². The van der Waals surface area contributed by atoms with Crippen molar-refractivity contribution in [2.75, 3.05) is 33.2 Å². The molecule has 0 aliphatic carbocycles. The average Bonchev–Trinajstić information content (AvgIpc) is 2.59. The van der Waals surface area contributed by atoms with Crippen molar-refractivity contribution < 1.29 is 14.7 Å². The molecular formula is C18H22N2O3. The minimum absolute atomic E-state index is 0.510. The smallest absolute Gasteiger partial charge is 0.168 e. The van der Waals surface area contributed by atoms with E-state index < -0.39 is 0 Å². The minimum Gasteiger partial charge on any atom is -0.493 e. The van der Waals surface area contributed by atoms with E-state index in [0.717, 1.165) is 22.4 Å². The summed E-state index contributed by atoms with van der Waals surface area (Å²) in [6.45, 7) is 1.74. The molecule has 0 bridgehead atoms. The first-order chi connectivity index (χ1) is 11.0. The molecule has 5 nitrogen and oxygen atoms in total. The summed E-state index contributed by atoms with van der Waals surface area (Å²) in [6.07, 6.45) is 0. The molecule has 0 aromatic heterocycles. The van der Waals surface area contributed by atoms with Gasteiger partial charge in [-0.15, -0.1) is 0 Å². The molecule has 2 aromatic rings. The quantitative estimate of drug-likeness (QED) is 0.520. The molecule has 23 heavy (non-hydrogen) atoms. The minimum atomic E-state index is 0.510. The highest BCUT2D eigenvalue weighted by Gasteiger charge is 2.16.